The first-order valence-electron chi connectivity index (χ1n) is 6.77. The van der Waals surface area contributed by atoms with Crippen molar-refractivity contribution >= 4 is 5.91 Å². The number of aliphatic hydroxyl groups is 1. The third-order valence-corrected chi connectivity index (χ3v) is 3.13. The molecule has 1 aromatic heterocycles. The Labute approximate surface area is 112 Å². The predicted molar refractivity (Wildman–Crippen MR) is 69.2 cm³/mol. The van der Waals surface area contributed by atoms with Crippen molar-refractivity contribution in [2.45, 2.75) is 32.4 Å². The van der Waals surface area contributed by atoms with Crippen molar-refractivity contribution in [3.8, 4) is 0 Å². The van der Waals surface area contributed by atoms with E-state index in [0.717, 1.165) is 38.0 Å². The van der Waals surface area contributed by atoms with Gasteiger partial charge in [0.2, 0.25) is 5.91 Å². The molecule has 1 aliphatic rings. The Morgan fingerprint density at radius 2 is 2.26 bits per heavy atom. The minimum Gasteiger partial charge on any atom is -0.396 e. The zero-order valence-electron chi connectivity index (χ0n) is 11.1. The van der Waals surface area contributed by atoms with Crippen molar-refractivity contribution in [3.63, 3.8) is 0 Å². The Morgan fingerprint density at radius 3 is 3.05 bits per heavy atom. The largest absolute Gasteiger partial charge is 0.396 e. The number of aliphatic hydroxyl groups excluding tert-OH is 1. The number of aromatic nitrogens is 3. The Hall–Kier alpha value is -1.47. The lowest BCUT2D eigenvalue weighted by atomic mass is 10.2. The summed E-state index contributed by atoms with van der Waals surface area (Å²) < 4.78 is 1.83. The van der Waals surface area contributed by atoms with Gasteiger partial charge in [-0.25, -0.2) is 0 Å². The molecule has 7 nitrogen and oxygen atoms in total. The van der Waals surface area contributed by atoms with E-state index in [4.69, 9.17) is 5.11 Å². The van der Waals surface area contributed by atoms with Crippen LogP contribution in [-0.4, -0.2) is 57.1 Å². The number of hydrogen-bond acceptors (Lipinski definition) is 5. The summed E-state index contributed by atoms with van der Waals surface area (Å²) in [6.07, 6.45) is 4.77. The quantitative estimate of drug-likeness (QED) is 0.643. The number of nitrogens with zero attached hydrogens (tertiary/aromatic N) is 4. The van der Waals surface area contributed by atoms with Crippen LogP contribution in [0.2, 0.25) is 0 Å². The van der Waals surface area contributed by atoms with Crippen LogP contribution in [0.1, 0.15) is 25.0 Å². The third kappa shape index (κ3) is 4.60. The average molecular weight is 267 g/mol. The van der Waals surface area contributed by atoms with Crippen molar-refractivity contribution in [1.82, 2.24) is 25.2 Å². The van der Waals surface area contributed by atoms with Crippen molar-refractivity contribution in [2.24, 2.45) is 0 Å². The van der Waals surface area contributed by atoms with Crippen LogP contribution in [-0.2, 0) is 17.9 Å². The van der Waals surface area contributed by atoms with E-state index in [1.807, 2.05) is 10.9 Å². The molecule has 2 rings (SSSR count). The maximum Gasteiger partial charge on any atom is 0.234 e. The normalized spacial score (nSPS) is 16.6. The molecule has 0 atom stereocenters. The van der Waals surface area contributed by atoms with E-state index >= 15 is 0 Å². The van der Waals surface area contributed by atoms with Crippen molar-refractivity contribution in [3.05, 3.63) is 11.9 Å². The number of rotatable bonds is 7. The van der Waals surface area contributed by atoms with E-state index in [2.05, 4.69) is 20.5 Å². The smallest absolute Gasteiger partial charge is 0.234 e. The van der Waals surface area contributed by atoms with E-state index in [1.165, 1.54) is 0 Å². The molecule has 2 heterocycles. The summed E-state index contributed by atoms with van der Waals surface area (Å²) in [7, 11) is 0. The van der Waals surface area contributed by atoms with Gasteiger partial charge in [0.15, 0.2) is 0 Å². The van der Waals surface area contributed by atoms with E-state index < -0.39 is 0 Å². The molecule has 7 heteroatoms. The van der Waals surface area contributed by atoms with Crippen molar-refractivity contribution in [2.75, 3.05) is 26.2 Å². The summed E-state index contributed by atoms with van der Waals surface area (Å²) in [6.45, 7) is 3.74. The molecule has 1 aromatic rings. The number of piperazine rings is 1. The summed E-state index contributed by atoms with van der Waals surface area (Å²) >= 11 is 0. The van der Waals surface area contributed by atoms with E-state index in [-0.39, 0.29) is 12.5 Å². The molecule has 2 N–H and O–H groups in total. The predicted octanol–water partition coefficient (Wildman–Crippen LogP) is -0.627. The summed E-state index contributed by atoms with van der Waals surface area (Å²) in [4.78, 5) is 13.3. The molecule has 0 spiro atoms. The molecular weight excluding hydrogens is 246 g/mol. The molecule has 1 aliphatic heterocycles. The van der Waals surface area contributed by atoms with Crippen LogP contribution in [0.15, 0.2) is 6.20 Å². The number of carbonyl (C=O) groups excluding carboxylic acids is 1. The fourth-order valence-corrected chi connectivity index (χ4v) is 2.14. The summed E-state index contributed by atoms with van der Waals surface area (Å²) in [5.74, 6) is 0.0719. The molecular formula is C12H21N5O2. The van der Waals surface area contributed by atoms with Gasteiger partial charge in [-0.2, -0.15) is 0 Å². The zero-order valence-corrected chi connectivity index (χ0v) is 11.1. The summed E-state index contributed by atoms with van der Waals surface area (Å²) in [5, 5.41) is 19.7. The molecule has 0 bridgehead atoms. The van der Waals surface area contributed by atoms with E-state index in [0.29, 0.717) is 19.6 Å². The lowest BCUT2D eigenvalue weighted by Crippen LogP contribution is -2.47. The first kappa shape index (κ1) is 14.0. The SMILES string of the molecule is O=C1CN(Cc2cn(CCCCCO)nn2)CCN1. The number of aryl methyl sites for hydroxylation is 1. The highest BCUT2D eigenvalue weighted by Gasteiger charge is 2.17. The lowest BCUT2D eigenvalue weighted by molar-refractivity contribution is -0.124. The van der Waals surface area contributed by atoms with E-state index in [9.17, 15) is 4.79 Å². The third-order valence-electron chi connectivity index (χ3n) is 3.13. The van der Waals surface area contributed by atoms with Gasteiger partial charge >= 0.3 is 0 Å². The van der Waals surface area contributed by atoms with Crippen LogP contribution in [0.4, 0.5) is 0 Å². The number of amides is 1. The van der Waals surface area contributed by atoms with Gasteiger partial charge in [0.05, 0.1) is 12.2 Å². The lowest BCUT2D eigenvalue weighted by Gasteiger charge is -2.25. The minimum absolute atomic E-state index is 0.0719. The number of nitrogens with one attached hydrogen (secondary N) is 1. The van der Waals surface area contributed by atoms with Crippen LogP contribution in [0.5, 0.6) is 0 Å². The van der Waals surface area contributed by atoms with Gasteiger partial charge in [0.25, 0.3) is 0 Å². The Bertz CT molecular complexity index is 407. The Balaban J connectivity index is 1.75. The highest BCUT2D eigenvalue weighted by atomic mass is 16.2. The maximum atomic E-state index is 11.3. The molecule has 19 heavy (non-hydrogen) atoms. The molecule has 106 valence electrons. The maximum absolute atomic E-state index is 11.3. The molecule has 1 fully saturated rings. The first-order valence-corrected chi connectivity index (χ1v) is 6.77. The second kappa shape index (κ2) is 7.20. The van der Waals surface area contributed by atoms with Gasteiger partial charge in [-0.05, 0) is 19.3 Å². The second-order valence-corrected chi connectivity index (χ2v) is 4.82. The van der Waals surface area contributed by atoms with Gasteiger partial charge in [-0.3, -0.25) is 14.4 Å². The highest BCUT2D eigenvalue weighted by Crippen LogP contribution is 2.04. The van der Waals surface area contributed by atoms with Crippen LogP contribution >= 0.6 is 0 Å². The van der Waals surface area contributed by atoms with Crippen LogP contribution in [0.25, 0.3) is 0 Å². The van der Waals surface area contributed by atoms with Crippen LogP contribution < -0.4 is 5.32 Å². The summed E-state index contributed by atoms with van der Waals surface area (Å²) in [5.41, 5.74) is 0.900. The number of unbranched alkanes of at least 4 members (excludes halogenated alkanes) is 2. The molecule has 0 saturated carbocycles. The van der Waals surface area contributed by atoms with Gasteiger partial charge in [-0.15, -0.1) is 5.10 Å². The average Bonchev–Trinajstić information content (AvgIpc) is 2.82. The minimum atomic E-state index is 0.0719. The van der Waals surface area contributed by atoms with Crippen LogP contribution in [0.3, 0.4) is 0 Å². The monoisotopic (exact) mass is 267 g/mol. The molecule has 0 aliphatic carbocycles. The van der Waals surface area contributed by atoms with Crippen molar-refractivity contribution < 1.29 is 9.90 Å². The standard InChI is InChI=1S/C12H21N5O2/c18-7-3-1-2-5-17-9-11(14-15-17)8-16-6-4-13-12(19)10-16/h9,18H,1-8,10H2,(H,13,19). The molecule has 0 radical (unpaired) electrons. The fraction of sp³-hybridized carbons (Fsp3) is 0.750. The number of hydrogen-bond donors (Lipinski definition) is 2. The molecule has 0 unspecified atom stereocenters. The molecule has 1 amide bonds. The topological polar surface area (TPSA) is 83.3 Å². The number of carbonyl (C=O) groups is 1. The van der Waals surface area contributed by atoms with Crippen LogP contribution in [0, 0.1) is 0 Å². The van der Waals surface area contributed by atoms with Gasteiger partial charge in [-0.1, -0.05) is 5.21 Å². The highest BCUT2D eigenvalue weighted by molar-refractivity contribution is 5.78. The Kier molecular flexibility index (Phi) is 5.29. The molecule has 0 aromatic carbocycles. The fourth-order valence-electron chi connectivity index (χ4n) is 2.14. The van der Waals surface area contributed by atoms with E-state index in [1.54, 1.807) is 0 Å². The Morgan fingerprint density at radius 1 is 1.37 bits per heavy atom. The van der Waals surface area contributed by atoms with Gasteiger partial charge < -0.3 is 10.4 Å². The summed E-state index contributed by atoms with van der Waals surface area (Å²) in [6, 6.07) is 0. The zero-order chi connectivity index (χ0) is 13.5. The second-order valence-electron chi connectivity index (χ2n) is 4.82. The van der Waals surface area contributed by atoms with Crippen molar-refractivity contribution in [1.29, 1.82) is 0 Å². The first-order chi connectivity index (χ1) is 9.28. The van der Waals surface area contributed by atoms with Gasteiger partial charge in [0, 0.05) is 39.0 Å². The molecule has 1 saturated heterocycles. The van der Waals surface area contributed by atoms with Gasteiger partial charge in [0.1, 0.15) is 0 Å².